The zero-order valence-electron chi connectivity index (χ0n) is 9.91. The van der Waals surface area contributed by atoms with E-state index in [1.54, 1.807) is 6.21 Å². The van der Waals surface area contributed by atoms with E-state index in [1.807, 2.05) is 30.3 Å². The number of aliphatic carboxylic acids is 1. The highest BCUT2D eigenvalue weighted by molar-refractivity contribution is 5.89. The lowest BCUT2D eigenvalue weighted by Crippen LogP contribution is -2.15. The summed E-state index contributed by atoms with van der Waals surface area (Å²) in [6.45, 7) is 0.709. The summed E-state index contributed by atoms with van der Waals surface area (Å²) in [6.07, 6.45) is 3.08. The molecule has 0 saturated carbocycles. The van der Waals surface area contributed by atoms with Gasteiger partial charge in [0, 0.05) is 6.21 Å². The molecule has 0 amide bonds. The lowest BCUT2D eigenvalue weighted by Gasteiger charge is -2.09. The topological polar surface area (TPSA) is 69.9 Å². The number of hydrogen-bond donors (Lipinski definition) is 2. The van der Waals surface area contributed by atoms with E-state index < -0.39 is 12.1 Å². The molecule has 1 aliphatic heterocycles. The van der Waals surface area contributed by atoms with Crippen LogP contribution in [0.5, 0.6) is 0 Å². The largest absolute Gasteiger partial charge is 0.481 e. The minimum absolute atomic E-state index is 0.221. The third-order valence-electron chi connectivity index (χ3n) is 2.85. The molecule has 0 fully saturated rings. The molecule has 4 nitrogen and oxygen atoms in total. The number of allylic oxidation sites excluding steroid dienone is 1. The SMILES string of the molecule is O=C(O)CC(O)Cc1ccc(C2=CC=NC2)cc1. The van der Waals surface area contributed by atoms with E-state index in [1.165, 1.54) is 5.57 Å². The van der Waals surface area contributed by atoms with Crippen molar-refractivity contribution in [1.29, 1.82) is 0 Å². The minimum Gasteiger partial charge on any atom is -0.481 e. The average molecular weight is 245 g/mol. The van der Waals surface area contributed by atoms with Gasteiger partial charge in [-0.15, -0.1) is 0 Å². The lowest BCUT2D eigenvalue weighted by molar-refractivity contribution is -0.139. The number of aliphatic imine (C=N–C) groups is 1. The molecule has 0 aromatic heterocycles. The number of carboxylic acids is 1. The van der Waals surface area contributed by atoms with Crippen molar-refractivity contribution in [1.82, 2.24) is 0 Å². The third-order valence-corrected chi connectivity index (χ3v) is 2.85. The zero-order chi connectivity index (χ0) is 13.0. The maximum absolute atomic E-state index is 10.4. The first-order valence-electron chi connectivity index (χ1n) is 5.83. The van der Waals surface area contributed by atoms with Gasteiger partial charge in [0.2, 0.25) is 0 Å². The third kappa shape index (κ3) is 3.28. The van der Waals surface area contributed by atoms with E-state index in [-0.39, 0.29) is 6.42 Å². The van der Waals surface area contributed by atoms with Gasteiger partial charge in [0.1, 0.15) is 0 Å². The molecule has 2 N–H and O–H groups in total. The van der Waals surface area contributed by atoms with Crippen molar-refractivity contribution in [2.45, 2.75) is 18.9 Å². The minimum atomic E-state index is -0.979. The molecule has 1 unspecified atom stereocenters. The second kappa shape index (κ2) is 5.60. The second-order valence-electron chi connectivity index (χ2n) is 4.33. The molecule has 1 aliphatic rings. The van der Waals surface area contributed by atoms with Crippen LogP contribution in [-0.2, 0) is 11.2 Å². The molecule has 1 atom stereocenters. The molecular weight excluding hydrogens is 230 g/mol. The van der Waals surface area contributed by atoms with E-state index in [0.717, 1.165) is 11.1 Å². The van der Waals surface area contributed by atoms with Gasteiger partial charge in [-0.2, -0.15) is 0 Å². The van der Waals surface area contributed by atoms with E-state index in [4.69, 9.17) is 5.11 Å². The fourth-order valence-electron chi connectivity index (χ4n) is 1.93. The van der Waals surface area contributed by atoms with E-state index in [2.05, 4.69) is 4.99 Å². The summed E-state index contributed by atoms with van der Waals surface area (Å²) in [5.74, 6) is -0.979. The summed E-state index contributed by atoms with van der Waals surface area (Å²) in [7, 11) is 0. The molecule has 94 valence electrons. The van der Waals surface area contributed by atoms with Crippen LogP contribution in [0.2, 0.25) is 0 Å². The summed E-state index contributed by atoms with van der Waals surface area (Å²) in [6, 6.07) is 7.78. The molecule has 1 heterocycles. The summed E-state index contributed by atoms with van der Waals surface area (Å²) >= 11 is 0. The van der Waals surface area contributed by atoms with Crippen LogP contribution in [0.3, 0.4) is 0 Å². The molecule has 0 radical (unpaired) electrons. The smallest absolute Gasteiger partial charge is 0.305 e. The van der Waals surface area contributed by atoms with Crippen LogP contribution in [-0.4, -0.2) is 35.0 Å². The summed E-state index contributed by atoms with van der Waals surface area (Å²) in [4.78, 5) is 14.6. The number of benzene rings is 1. The standard InChI is InChI=1S/C14H15NO3/c16-13(8-14(17)18)7-10-1-3-11(4-2-10)12-5-6-15-9-12/h1-6,13,16H,7-9H2,(H,17,18). The Morgan fingerprint density at radius 1 is 1.33 bits per heavy atom. The van der Waals surface area contributed by atoms with Gasteiger partial charge in [0.15, 0.2) is 0 Å². The van der Waals surface area contributed by atoms with Crippen LogP contribution < -0.4 is 0 Å². The van der Waals surface area contributed by atoms with Gasteiger partial charge < -0.3 is 10.2 Å². The van der Waals surface area contributed by atoms with Crippen LogP contribution in [0.4, 0.5) is 0 Å². The van der Waals surface area contributed by atoms with E-state index in [0.29, 0.717) is 13.0 Å². The molecule has 0 aliphatic carbocycles. The lowest BCUT2D eigenvalue weighted by atomic mass is 10.0. The fraction of sp³-hybridized carbons (Fsp3) is 0.286. The fourth-order valence-corrected chi connectivity index (χ4v) is 1.93. The van der Waals surface area contributed by atoms with Crippen LogP contribution in [0.25, 0.3) is 5.57 Å². The number of carbonyl (C=O) groups is 1. The molecule has 0 spiro atoms. The van der Waals surface area contributed by atoms with Crippen molar-refractivity contribution in [3.63, 3.8) is 0 Å². The zero-order valence-corrected chi connectivity index (χ0v) is 9.91. The normalized spacial score (nSPS) is 15.5. The summed E-state index contributed by atoms with van der Waals surface area (Å²) in [5.41, 5.74) is 3.23. The first kappa shape index (κ1) is 12.5. The maximum Gasteiger partial charge on any atom is 0.305 e. The van der Waals surface area contributed by atoms with Gasteiger partial charge in [-0.05, 0) is 29.2 Å². The van der Waals surface area contributed by atoms with Gasteiger partial charge in [0.25, 0.3) is 0 Å². The second-order valence-corrected chi connectivity index (χ2v) is 4.33. The van der Waals surface area contributed by atoms with Gasteiger partial charge in [-0.3, -0.25) is 9.79 Å². The highest BCUT2D eigenvalue weighted by atomic mass is 16.4. The van der Waals surface area contributed by atoms with Crippen molar-refractivity contribution in [3.05, 3.63) is 41.5 Å². The number of rotatable bonds is 5. The Hall–Kier alpha value is -1.94. The first-order valence-corrected chi connectivity index (χ1v) is 5.83. The monoisotopic (exact) mass is 245 g/mol. The molecule has 1 aromatic rings. The van der Waals surface area contributed by atoms with Crippen LogP contribution in [0, 0.1) is 0 Å². The number of nitrogens with zero attached hydrogens (tertiary/aromatic N) is 1. The Kier molecular flexibility index (Phi) is 3.89. The van der Waals surface area contributed by atoms with Crippen molar-refractivity contribution in [2.75, 3.05) is 6.54 Å². The summed E-state index contributed by atoms with van der Waals surface area (Å²) < 4.78 is 0. The van der Waals surface area contributed by atoms with Crippen molar-refractivity contribution in [2.24, 2.45) is 4.99 Å². The Bertz CT molecular complexity index is 488. The van der Waals surface area contributed by atoms with Crippen molar-refractivity contribution < 1.29 is 15.0 Å². The van der Waals surface area contributed by atoms with E-state index >= 15 is 0 Å². The highest BCUT2D eigenvalue weighted by Gasteiger charge is 2.10. The molecule has 4 heteroatoms. The van der Waals surface area contributed by atoms with Crippen molar-refractivity contribution in [3.8, 4) is 0 Å². The molecule has 0 bridgehead atoms. The highest BCUT2D eigenvalue weighted by Crippen LogP contribution is 2.18. The van der Waals surface area contributed by atoms with Gasteiger partial charge in [0.05, 0.1) is 19.1 Å². The molecule has 0 saturated heterocycles. The number of aliphatic hydroxyl groups is 1. The average Bonchev–Trinajstić information content (AvgIpc) is 2.82. The van der Waals surface area contributed by atoms with Crippen LogP contribution in [0.1, 0.15) is 17.5 Å². The first-order chi connectivity index (χ1) is 8.65. The van der Waals surface area contributed by atoms with Crippen LogP contribution >= 0.6 is 0 Å². The number of aliphatic hydroxyl groups excluding tert-OH is 1. The Morgan fingerprint density at radius 2 is 2.06 bits per heavy atom. The Morgan fingerprint density at radius 3 is 2.61 bits per heavy atom. The van der Waals surface area contributed by atoms with Crippen molar-refractivity contribution >= 4 is 17.8 Å². The molecular formula is C14H15NO3. The quantitative estimate of drug-likeness (QED) is 0.826. The molecule has 1 aromatic carbocycles. The summed E-state index contributed by atoms with van der Waals surface area (Å²) in [5, 5.41) is 18.1. The predicted octanol–water partition coefficient (Wildman–Crippen LogP) is 1.53. The maximum atomic E-state index is 10.4. The predicted molar refractivity (Wildman–Crippen MR) is 69.7 cm³/mol. The van der Waals surface area contributed by atoms with Crippen LogP contribution in [0.15, 0.2) is 35.3 Å². The number of carboxylic acid groups (broad SMARTS) is 1. The van der Waals surface area contributed by atoms with Gasteiger partial charge >= 0.3 is 5.97 Å². The van der Waals surface area contributed by atoms with Gasteiger partial charge in [-0.1, -0.05) is 24.3 Å². The van der Waals surface area contributed by atoms with E-state index in [9.17, 15) is 9.90 Å². The molecule has 18 heavy (non-hydrogen) atoms. The Balaban J connectivity index is 1.97. The van der Waals surface area contributed by atoms with Gasteiger partial charge in [-0.25, -0.2) is 0 Å². The number of hydrogen-bond acceptors (Lipinski definition) is 3. The molecule has 2 rings (SSSR count). The Labute approximate surface area is 105 Å².